The minimum absolute atomic E-state index is 0.00731. The number of carbonyl (C=O) groups is 4. The average Bonchev–Trinajstić information content (AvgIpc) is 3.43. The molecule has 12 heteroatoms. The Morgan fingerprint density at radius 1 is 1.28 bits per heavy atom. The summed E-state index contributed by atoms with van der Waals surface area (Å²) in [6.45, 7) is 3.54. The van der Waals surface area contributed by atoms with E-state index >= 15 is 0 Å². The lowest BCUT2D eigenvalue weighted by atomic mass is 10.0. The van der Waals surface area contributed by atoms with Gasteiger partial charge in [0.2, 0.25) is 17.7 Å². The zero-order chi connectivity index (χ0) is 23.8. The SMILES string of the molecule is CC(C)CC(NC(=O)C1CCCN1C(=O)C(N)CO)C(=O)NC(Cc1cnc[nH]1)C(=O)O. The van der Waals surface area contributed by atoms with Crippen LogP contribution < -0.4 is 16.4 Å². The largest absolute Gasteiger partial charge is 0.480 e. The van der Waals surface area contributed by atoms with Crippen molar-refractivity contribution in [2.75, 3.05) is 13.2 Å². The summed E-state index contributed by atoms with van der Waals surface area (Å²) in [4.78, 5) is 57.8. The fraction of sp³-hybridized carbons (Fsp3) is 0.650. The first-order valence-electron chi connectivity index (χ1n) is 10.6. The van der Waals surface area contributed by atoms with Crippen LogP contribution in [0.1, 0.15) is 38.8 Å². The van der Waals surface area contributed by atoms with Gasteiger partial charge in [-0.1, -0.05) is 13.8 Å². The van der Waals surface area contributed by atoms with Crippen LogP contribution in [0.3, 0.4) is 0 Å². The summed E-state index contributed by atoms with van der Waals surface area (Å²) < 4.78 is 0. The van der Waals surface area contributed by atoms with Crippen molar-refractivity contribution in [2.24, 2.45) is 11.7 Å². The molecule has 1 fully saturated rings. The minimum atomic E-state index is -1.21. The standard InChI is InChI=1S/C20H32N6O6/c1-11(2)6-14(17(28)25-15(20(31)32)7-12-8-22-10-23-12)24-18(29)16-4-3-5-26(16)19(30)13(21)9-27/h8,10-11,13-16,27H,3-7,9,21H2,1-2H3,(H,22,23)(H,24,29)(H,25,28)(H,31,32). The van der Waals surface area contributed by atoms with E-state index in [9.17, 15) is 24.3 Å². The molecule has 0 bridgehead atoms. The highest BCUT2D eigenvalue weighted by molar-refractivity contribution is 5.94. The molecule has 1 aliphatic heterocycles. The maximum absolute atomic E-state index is 12.9. The highest BCUT2D eigenvalue weighted by Gasteiger charge is 2.38. The molecule has 178 valence electrons. The van der Waals surface area contributed by atoms with Gasteiger partial charge < -0.3 is 36.5 Å². The second kappa shape index (κ2) is 11.6. The normalized spacial score (nSPS) is 18.8. The molecule has 4 atom stereocenters. The molecule has 1 aliphatic rings. The summed E-state index contributed by atoms with van der Waals surface area (Å²) in [6.07, 6.45) is 4.17. The van der Waals surface area contributed by atoms with Crippen molar-refractivity contribution in [3.63, 3.8) is 0 Å². The highest BCUT2D eigenvalue weighted by atomic mass is 16.4. The number of rotatable bonds is 11. The van der Waals surface area contributed by atoms with E-state index in [2.05, 4.69) is 20.6 Å². The molecular formula is C20H32N6O6. The monoisotopic (exact) mass is 452 g/mol. The number of hydrogen-bond donors (Lipinski definition) is 6. The van der Waals surface area contributed by atoms with Gasteiger partial charge in [0, 0.05) is 24.9 Å². The number of nitrogens with two attached hydrogens (primary N) is 1. The molecular weight excluding hydrogens is 420 g/mol. The Morgan fingerprint density at radius 3 is 2.56 bits per heavy atom. The van der Waals surface area contributed by atoms with Gasteiger partial charge in [-0.05, 0) is 25.2 Å². The molecule has 1 aromatic rings. The Balaban J connectivity index is 2.09. The molecule has 32 heavy (non-hydrogen) atoms. The van der Waals surface area contributed by atoms with E-state index in [1.165, 1.54) is 17.4 Å². The van der Waals surface area contributed by atoms with Gasteiger partial charge in [-0.2, -0.15) is 0 Å². The molecule has 0 spiro atoms. The zero-order valence-corrected chi connectivity index (χ0v) is 18.3. The summed E-state index contributed by atoms with van der Waals surface area (Å²) in [7, 11) is 0. The Labute approximate surface area is 185 Å². The number of likely N-dealkylation sites (tertiary alicyclic amines) is 1. The fourth-order valence-electron chi connectivity index (χ4n) is 3.65. The number of aromatic nitrogens is 2. The molecule has 4 unspecified atom stereocenters. The average molecular weight is 453 g/mol. The van der Waals surface area contributed by atoms with Crippen LogP contribution in [-0.2, 0) is 25.6 Å². The molecule has 0 aromatic carbocycles. The number of nitrogens with one attached hydrogen (secondary N) is 3. The smallest absolute Gasteiger partial charge is 0.326 e. The second-order valence-electron chi connectivity index (χ2n) is 8.35. The molecule has 3 amide bonds. The topological polar surface area (TPSA) is 191 Å². The summed E-state index contributed by atoms with van der Waals surface area (Å²) in [5.74, 6) is -2.84. The van der Waals surface area contributed by atoms with Crippen molar-refractivity contribution in [3.8, 4) is 0 Å². The maximum atomic E-state index is 12.9. The van der Waals surface area contributed by atoms with Crippen molar-refractivity contribution in [1.29, 1.82) is 0 Å². The third-order valence-electron chi connectivity index (χ3n) is 5.29. The first-order chi connectivity index (χ1) is 15.1. The first kappa shape index (κ1) is 25.3. The first-order valence-corrected chi connectivity index (χ1v) is 10.6. The van der Waals surface area contributed by atoms with E-state index in [1.807, 2.05) is 13.8 Å². The summed E-state index contributed by atoms with van der Waals surface area (Å²) in [6, 6.07) is -4.10. The molecule has 12 nitrogen and oxygen atoms in total. The minimum Gasteiger partial charge on any atom is -0.480 e. The number of nitrogens with zero attached hydrogens (tertiary/aromatic N) is 2. The molecule has 1 aromatic heterocycles. The Kier molecular flexibility index (Phi) is 9.14. The van der Waals surface area contributed by atoms with Crippen LogP contribution in [0.15, 0.2) is 12.5 Å². The van der Waals surface area contributed by atoms with Crippen molar-refractivity contribution in [2.45, 2.75) is 63.7 Å². The van der Waals surface area contributed by atoms with Gasteiger partial charge in [0.25, 0.3) is 0 Å². The van der Waals surface area contributed by atoms with Crippen LogP contribution >= 0.6 is 0 Å². The van der Waals surface area contributed by atoms with Gasteiger partial charge in [-0.15, -0.1) is 0 Å². The number of carboxylic acids is 1. The third-order valence-corrected chi connectivity index (χ3v) is 5.29. The molecule has 0 aliphatic carbocycles. The number of aromatic amines is 1. The zero-order valence-electron chi connectivity index (χ0n) is 18.3. The van der Waals surface area contributed by atoms with Crippen molar-refractivity contribution < 1.29 is 29.4 Å². The van der Waals surface area contributed by atoms with Crippen molar-refractivity contribution in [1.82, 2.24) is 25.5 Å². The number of aliphatic hydroxyl groups is 1. The van der Waals surface area contributed by atoms with E-state index in [0.29, 0.717) is 25.1 Å². The predicted octanol–water partition coefficient (Wildman–Crippen LogP) is -1.64. The summed E-state index contributed by atoms with van der Waals surface area (Å²) >= 11 is 0. The van der Waals surface area contributed by atoms with Gasteiger partial charge in [-0.25, -0.2) is 9.78 Å². The Morgan fingerprint density at radius 2 is 2.00 bits per heavy atom. The Hall–Kier alpha value is -2.99. The molecule has 1 saturated heterocycles. The number of aliphatic hydroxyl groups excluding tert-OH is 1. The lowest BCUT2D eigenvalue weighted by Crippen LogP contribution is -2.57. The van der Waals surface area contributed by atoms with Gasteiger partial charge in [0.05, 0.1) is 12.9 Å². The maximum Gasteiger partial charge on any atom is 0.326 e. The summed E-state index contributed by atoms with van der Waals surface area (Å²) in [5, 5.41) is 23.8. The predicted molar refractivity (Wildman–Crippen MR) is 113 cm³/mol. The van der Waals surface area contributed by atoms with Gasteiger partial charge >= 0.3 is 5.97 Å². The fourth-order valence-corrected chi connectivity index (χ4v) is 3.65. The van der Waals surface area contributed by atoms with Gasteiger partial charge in [-0.3, -0.25) is 14.4 Å². The van der Waals surface area contributed by atoms with Crippen molar-refractivity contribution in [3.05, 3.63) is 18.2 Å². The lowest BCUT2D eigenvalue weighted by molar-refractivity contribution is -0.143. The lowest BCUT2D eigenvalue weighted by Gasteiger charge is -2.28. The molecule has 0 saturated carbocycles. The van der Waals surface area contributed by atoms with Gasteiger partial charge in [0.1, 0.15) is 24.2 Å². The molecule has 0 radical (unpaired) electrons. The number of carboxylic acid groups (broad SMARTS) is 1. The molecule has 2 rings (SSSR count). The number of hydrogen-bond acceptors (Lipinski definition) is 7. The number of carbonyl (C=O) groups excluding carboxylic acids is 3. The quantitative estimate of drug-likeness (QED) is 0.230. The second-order valence-corrected chi connectivity index (χ2v) is 8.35. The van der Waals surface area contributed by atoms with E-state index in [4.69, 9.17) is 10.8 Å². The van der Waals surface area contributed by atoms with Crippen LogP contribution in [-0.4, -0.2) is 86.1 Å². The summed E-state index contributed by atoms with van der Waals surface area (Å²) in [5.41, 5.74) is 6.16. The Bertz CT molecular complexity index is 799. The highest BCUT2D eigenvalue weighted by Crippen LogP contribution is 2.19. The van der Waals surface area contributed by atoms with Crippen LogP contribution in [0.4, 0.5) is 0 Å². The third kappa shape index (κ3) is 6.76. The van der Waals surface area contributed by atoms with Gasteiger partial charge in [0.15, 0.2) is 0 Å². The number of imidazole rings is 1. The number of amides is 3. The number of H-pyrrole nitrogens is 1. The molecule has 2 heterocycles. The van der Waals surface area contributed by atoms with E-state index in [-0.39, 0.29) is 18.8 Å². The van der Waals surface area contributed by atoms with Crippen LogP contribution in [0, 0.1) is 5.92 Å². The molecule has 7 N–H and O–H groups in total. The van der Waals surface area contributed by atoms with Crippen LogP contribution in [0.5, 0.6) is 0 Å². The van der Waals surface area contributed by atoms with E-state index in [0.717, 1.165) is 0 Å². The van der Waals surface area contributed by atoms with E-state index in [1.54, 1.807) is 0 Å². The van der Waals surface area contributed by atoms with E-state index < -0.39 is 54.5 Å². The van der Waals surface area contributed by atoms with Crippen LogP contribution in [0.2, 0.25) is 0 Å². The van der Waals surface area contributed by atoms with Crippen molar-refractivity contribution >= 4 is 23.7 Å². The van der Waals surface area contributed by atoms with Crippen LogP contribution in [0.25, 0.3) is 0 Å². The number of aliphatic carboxylic acids is 1.